The second-order valence-corrected chi connectivity index (χ2v) is 4.70. The lowest BCUT2D eigenvalue weighted by atomic mass is 10.4. The summed E-state index contributed by atoms with van der Waals surface area (Å²) in [5.74, 6) is 1.54. The Balaban J connectivity index is 1.84. The van der Waals surface area contributed by atoms with Crippen LogP contribution in [0.4, 0.5) is 0 Å². The number of nitrogens with one attached hydrogen (secondary N) is 1. The first-order valence-corrected chi connectivity index (χ1v) is 7.03. The highest BCUT2D eigenvalue weighted by molar-refractivity contribution is 7.99. The van der Waals surface area contributed by atoms with Gasteiger partial charge in [-0.15, -0.1) is 10.2 Å². The highest BCUT2D eigenvalue weighted by atomic mass is 32.2. The van der Waals surface area contributed by atoms with Crippen LogP contribution in [0, 0.1) is 6.92 Å². The molecule has 5 nitrogen and oxygen atoms in total. The van der Waals surface area contributed by atoms with Crippen LogP contribution < -0.4 is 5.32 Å². The standard InChI is InChI=1S/C11H21N3O2S/c1-3-4-7-15-8-5-12-6-9-17-11-14-13-10(2)16-11/h12H,3-9H2,1-2H3. The lowest BCUT2D eigenvalue weighted by Crippen LogP contribution is -2.22. The van der Waals surface area contributed by atoms with Gasteiger partial charge in [-0.2, -0.15) is 0 Å². The largest absolute Gasteiger partial charge is 0.416 e. The SMILES string of the molecule is CCCCOCCNCCSc1nnc(C)o1. The van der Waals surface area contributed by atoms with Gasteiger partial charge in [-0.25, -0.2) is 0 Å². The molecule has 6 heteroatoms. The molecule has 0 saturated heterocycles. The van der Waals surface area contributed by atoms with Crippen molar-refractivity contribution in [2.75, 3.05) is 32.1 Å². The van der Waals surface area contributed by atoms with Gasteiger partial charge in [0.25, 0.3) is 5.22 Å². The molecule has 1 aromatic rings. The number of unbranched alkanes of at least 4 members (excludes halogenated alkanes) is 1. The molecule has 0 aromatic carbocycles. The summed E-state index contributed by atoms with van der Waals surface area (Å²) in [6.45, 7) is 7.43. The van der Waals surface area contributed by atoms with Gasteiger partial charge in [-0.05, 0) is 6.42 Å². The monoisotopic (exact) mass is 259 g/mol. The summed E-state index contributed by atoms with van der Waals surface area (Å²) in [6.07, 6.45) is 2.33. The van der Waals surface area contributed by atoms with Crippen LogP contribution in [-0.2, 0) is 4.74 Å². The van der Waals surface area contributed by atoms with Crippen molar-refractivity contribution < 1.29 is 9.15 Å². The minimum atomic E-state index is 0.616. The number of thioether (sulfide) groups is 1. The molecular weight excluding hydrogens is 238 g/mol. The summed E-state index contributed by atoms with van der Waals surface area (Å²) in [6, 6.07) is 0. The van der Waals surface area contributed by atoms with Crippen molar-refractivity contribution in [1.29, 1.82) is 0 Å². The second-order valence-electron chi connectivity index (χ2n) is 3.65. The molecule has 0 bridgehead atoms. The molecule has 0 spiro atoms. The number of hydrogen-bond donors (Lipinski definition) is 1. The molecule has 1 aromatic heterocycles. The first kappa shape index (κ1) is 14.5. The molecule has 98 valence electrons. The van der Waals surface area contributed by atoms with E-state index in [1.807, 2.05) is 0 Å². The predicted octanol–water partition coefficient (Wildman–Crippen LogP) is 1.88. The van der Waals surface area contributed by atoms with Crippen LogP contribution in [0.3, 0.4) is 0 Å². The van der Waals surface area contributed by atoms with E-state index in [-0.39, 0.29) is 0 Å². The van der Waals surface area contributed by atoms with Gasteiger partial charge < -0.3 is 14.5 Å². The molecule has 0 radical (unpaired) electrons. The number of rotatable bonds is 10. The van der Waals surface area contributed by atoms with Crippen LogP contribution in [0.25, 0.3) is 0 Å². The van der Waals surface area contributed by atoms with Gasteiger partial charge >= 0.3 is 0 Å². The van der Waals surface area contributed by atoms with Gasteiger partial charge in [-0.1, -0.05) is 25.1 Å². The molecule has 17 heavy (non-hydrogen) atoms. The second kappa shape index (κ2) is 9.44. The Morgan fingerprint density at radius 1 is 1.29 bits per heavy atom. The zero-order valence-corrected chi connectivity index (χ0v) is 11.4. The summed E-state index contributed by atoms with van der Waals surface area (Å²) in [4.78, 5) is 0. The number of ether oxygens (including phenoxy) is 1. The summed E-state index contributed by atoms with van der Waals surface area (Å²) < 4.78 is 10.7. The molecule has 0 unspecified atom stereocenters. The maximum Gasteiger partial charge on any atom is 0.276 e. The molecule has 0 fully saturated rings. The maximum atomic E-state index is 5.43. The Hall–Kier alpha value is -0.590. The van der Waals surface area contributed by atoms with Crippen molar-refractivity contribution >= 4 is 11.8 Å². The molecule has 0 saturated carbocycles. The molecule has 0 atom stereocenters. The maximum absolute atomic E-state index is 5.43. The van der Waals surface area contributed by atoms with Crippen molar-refractivity contribution in [2.24, 2.45) is 0 Å². The molecule has 0 aliphatic heterocycles. The molecule has 1 heterocycles. The van der Waals surface area contributed by atoms with E-state index in [0.29, 0.717) is 11.1 Å². The van der Waals surface area contributed by atoms with E-state index in [9.17, 15) is 0 Å². The first-order chi connectivity index (χ1) is 8.33. The van der Waals surface area contributed by atoms with E-state index >= 15 is 0 Å². The highest BCUT2D eigenvalue weighted by Crippen LogP contribution is 2.14. The quantitative estimate of drug-likeness (QED) is 0.511. The van der Waals surface area contributed by atoms with Gasteiger partial charge in [0, 0.05) is 32.4 Å². The van der Waals surface area contributed by atoms with Crippen LogP contribution in [-0.4, -0.2) is 42.3 Å². The lowest BCUT2D eigenvalue weighted by Gasteiger charge is -2.04. The summed E-state index contributed by atoms with van der Waals surface area (Å²) in [7, 11) is 0. The fourth-order valence-electron chi connectivity index (χ4n) is 1.17. The van der Waals surface area contributed by atoms with Gasteiger partial charge in [0.2, 0.25) is 5.89 Å². The smallest absolute Gasteiger partial charge is 0.276 e. The zero-order valence-electron chi connectivity index (χ0n) is 10.6. The highest BCUT2D eigenvalue weighted by Gasteiger charge is 2.01. The molecule has 0 aliphatic rings. The Labute approximate surface area is 107 Å². The van der Waals surface area contributed by atoms with Crippen LogP contribution in [0.5, 0.6) is 0 Å². The number of nitrogens with zero attached hydrogens (tertiary/aromatic N) is 2. The minimum absolute atomic E-state index is 0.616. The normalized spacial score (nSPS) is 10.9. The van der Waals surface area contributed by atoms with Crippen LogP contribution in [0.2, 0.25) is 0 Å². The Morgan fingerprint density at radius 2 is 2.18 bits per heavy atom. The van der Waals surface area contributed by atoms with Crippen molar-refractivity contribution in [1.82, 2.24) is 15.5 Å². The van der Waals surface area contributed by atoms with Gasteiger partial charge in [-0.3, -0.25) is 0 Å². The number of hydrogen-bond acceptors (Lipinski definition) is 6. The summed E-state index contributed by atoms with van der Waals surface area (Å²) >= 11 is 1.57. The molecular formula is C11H21N3O2S. The fourth-order valence-corrected chi connectivity index (χ4v) is 1.86. The van der Waals surface area contributed by atoms with Crippen molar-refractivity contribution in [3.05, 3.63) is 5.89 Å². The Bertz CT molecular complexity index is 294. The fraction of sp³-hybridized carbons (Fsp3) is 0.818. The van der Waals surface area contributed by atoms with Crippen LogP contribution in [0.15, 0.2) is 9.64 Å². The summed E-state index contributed by atoms with van der Waals surface area (Å²) in [5.41, 5.74) is 0. The number of aromatic nitrogens is 2. The van der Waals surface area contributed by atoms with Crippen molar-refractivity contribution in [2.45, 2.75) is 31.9 Å². The van der Waals surface area contributed by atoms with Crippen molar-refractivity contribution in [3.8, 4) is 0 Å². The molecule has 0 aliphatic carbocycles. The third-order valence-electron chi connectivity index (χ3n) is 2.08. The predicted molar refractivity (Wildman–Crippen MR) is 68.4 cm³/mol. The van der Waals surface area contributed by atoms with Gasteiger partial charge in [0.15, 0.2) is 0 Å². The van der Waals surface area contributed by atoms with E-state index in [4.69, 9.17) is 9.15 Å². The topological polar surface area (TPSA) is 60.2 Å². The average molecular weight is 259 g/mol. The Morgan fingerprint density at radius 3 is 2.88 bits per heavy atom. The number of aryl methyl sites for hydroxylation is 1. The van der Waals surface area contributed by atoms with E-state index in [1.165, 1.54) is 6.42 Å². The van der Waals surface area contributed by atoms with E-state index in [0.717, 1.165) is 38.5 Å². The summed E-state index contributed by atoms with van der Waals surface area (Å²) in [5, 5.41) is 11.6. The van der Waals surface area contributed by atoms with Crippen molar-refractivity contribution in [3.63, 3.8) is 0 Å². The molecule has 0 amide bonds. The molecule has 1 N–H and O–H groups in total. The molecule has 1 rings (SSSR count). The average Bonchev–Trinajstić information content (AvgIpc) is 2.73. The van der Waals surface area contributed by atoms with Crippen LogP contribution in [0.1, 0.15) is 25.7 Å². The third kappa shape index (κ3) is 7.36. The van der Waals surface area contributed by atoms with Gasteiger partial charge in [0.1, 0.15) is 0 Å². The van der Waals surface area contributed by atoms with E-state index in [1.54, 1.807) is 18.7 Å². The zero-order chi connectivity index (χ0) is 12.3. The van der Waals surface area contributed by atoms with Crippen LogP contribution >= 0.6 is 11.8 Å². The van der Waals surface area contributed by atoms with E-state index in [2.05, 4.69) is 22.4 Å². The van der Waals surface area contributed by atoms with Gasteiger partial charge in [0.05, 0.1) is 6.61 Å². The Kier molecular flexibility index (Phi) is 8.04. The lowest BCUT2D eigenvalue weighted by molar-refractivity contribution is 0.133. The minimum Gasteiger partial charge on any atom is -0.416 e. The third-order valence-corrected chi connectivity index (χ3v) is 2.90. The first-order valence-electron chi connectivity index (χ1n) is 6.04. The van der Waals surface area contributed by atoms with E-state index < -0.39 is 0 Å².